The zero-order chi connectivity index (χ0) is 11.4. The molecule has 1 rings (SSSR count). The minimum atomic E-state index is -0.560. The Kier molecular flexibility index (Phi) is 4.11. The van der Waals surface area contributed by atoms with Crippen molar-refractivity contribution in [3.05, 3.63) is 23.4 Å². The minimum absolute atomic E-state index is 0.500. The number of nitrogens with zero attached hydrogens (tertiary/aromatic N) is 2. The second-order valence-corrected chi connectivity index (χ2v) is 3.61. The highest BCUT2D eigenvalue weighted by molar-refractivity contribution is 6.53. The quantitative estimate of drug-likeness (QED) is 0.752. The number of anilines is 1. The van der Waals surface area contributed by atoms with E-state index in [4.69, 9.17) is 4.74 Å². The van der Waals surface area contributed by atoms with Gasteiger partial charge in [0.2, 0.25) is 0 Å². The van der Waals surface area contributed by atoms with Crippen molar-refractivity contribution in [2.45, 2.75) is 20.4 Å². The molecule has 1 heterocycles. The zero-order valence-corrected chi connectivity index (χ0v) is 9.69. The molecule has 0 spiro atoms. The Morgan fingerprint density at radius 3 is 2.73 bits per heavy atom. The van der Waals surface area contributed by atoms with Crippen LogP contribution >= 0.6 is 0 Å². The summed E-state index contributed by atoms with van der Waals surface area (Å²) in [6.07, 6.45) is 0. The number of rotatable bonds is 4. The van der Waals surface area contributed by atoms with Crippen molar-refractivity contribution in [3.63, 3.8) is 0 Å². The molecule has 82 valence electrons. The molecule has 15 heavy (non-hydrogen) atoms. The molecule has 0 aliphatic rings. The van der Waals surface area contributed by atoms with Crippen molar-refractivity contribution in [2.75, 3.05) is 19.0 Å². The van der Waals surface area contributed by atoms with Crippen molar-refractivity contribution in [2.24, 2.45) is 0 Å². The lowest BCUT2D eigenvalue weighted by atomic mass is 9.85. The average Bonchev–Trinajstić information content (AvgIpc) is 2.20. The number of methoxy groups -OCH3 is 1. The van der Waals surface area contributed by atoms with E-state index >= 15 is 0 Å². The second kappa shape index (κ2) is 5.14. The monoisotopic (exact) mass is 208 g/mol. The van der Waals surface area contributed by atoms with Crippen LogP contribution < -0.4 is 4.81 Å². The van der Waals surface area contributed by atoms with Crippen molar-refractivity contribution in [1.82, 2.24) is 4.98 Å². The summed E-state index contributed by atoms with van der Waals surface area (Å²) in [5.41, 5.74) is 1.91. The van der Waals surface area contributed by atoms with Gasteiger partial charge in [-0.25, -0.2) is 4.98 Å². The third-order valence-electron chi connectivity index (χ3n) is 2.29. The fraction of sp³-hybridized carbons (Fsp3) is 0.500. The normalized spacial score (nSPS) is 10.2. The van der Waals surface area contributed by atoms with Crippen molar-refractivity contribution in [1.29, 1.82) is 0 Å². The maximum atomic E-state index is 9.50. The van der Waals surface area contributed by atoms with Gasteiger partial charge in [-0.05, 0) is 26.9 Å². The van der Waals surface area contributed by atoms with Crippen LogP contribution in [-0.2, 0) is 11.3 Å². The van der Waals surface area contributed by atoms with Crippen molar-refractivity contribution >= 4 is 12.9 Å². The van der Waals surface area contributed by atoms with Crippen LogP contribution in [0.15, 0.2) is 12.1 Å². The SMILES string of the molecule is COCc1ccc(C)nc1N(C)B(C)O. The molecule has 0 unspecified atom stereocenters. The number of hydrogen-bond donors (Lipinski definition) is 1. The lowest BCUT2D eigenvalue weighted by Gasteiger charge is -2.22. The summed E-state index contributed by atoms with van der Waals surface area (Å²) >= 11 is 0. The van der Waals surface area contributed by atoms with Crippen LogP contribution in [0.25, 0.3) is 0 Å². The highest BCUT2D eigenvalue weighted by atomic mass is 16.5. The number of hydrogen-bond acceptors (Lipinski definition) is 4. The van der Waals surface area contributed by atoms with E-state index in [0.29, 0.717) is 6.61 Å². The van der Waals surface area contributed by atoms with E-state index in [9.17, 15) is 5.02 Å². The highest BCUT2D eigenvalue weighted by Gasteiger charge is 2.16. The zero-order valence-electron chi connectivity index (χ0n) is 9.69. The van der Waals surface area contributed by atoms with Crippen molar-refractivity contribution < 1.29 is 9.76 Å². The van der Waals surface area contributed by atoms with Crippen LogP contribution in [0.2, 0.25) is 6.82 Å². The molecular formula is C10H17BN2O2. The van der Waals surface area contributed by atoms with Gasteiger partial charge in [0.05, 0.1) is 6.61 Å². The van der Waals surface area contributed by atoms with Crippen LogP contribution in [0.5, 0.6) is 0 Å². The van der Waals surface area contributed by atoms with Gasteiger partial charge in [0, 0.05) is 18.4 Å². The van der Waals surface area contributed by atoms with Crippen molar-refractivity contribution in [3.8, 4) is 0 Å². The molecule has 0 bridgehead atoms. The Bertz CT molecular complexity index is 331. The van der Waals surface area contributed by atoms with Gasteiger partial charge >= 0.3 is 7.05 Å². The molecule has 0 aliphatic heterocycles. The summed E-state index contributed by atoms with van der Waals surface area (Å²) in [5, 5.41) is 9.50. The Balaban J connectivity index is 3.06. The van der Waals surface area contributed by atoms with E-state index in [2.05, 4.69) is 4.98 Å². The predicted molar refractivity (Wildman–Crippen MR) is 61.9 cm³/mol. The summed E-state index contributed by atoms with van der Waals surface area (Å²) in [4.78, 5) is 6.12. The van der Waals surface area contributed by atoms with Gasteiger partial charge in [-0.15, -0.1) is 0 Å². The van der Waals surface area contributed by atoms with Gasteiger partial charge in [0.15, 0.2) is 0 Å². The highest BCUT2D eigenvalue weighted by Crippen LogP contribution is 2.18. The largest absolute Gasteiger partial charge is 0.432 e. The predicted octanol–water partition coefficient (Wildman–Crippen LogP) is 1.08. The average molecular weight is 208 g/mol. The summed E-state index contributed by atoms with van der Waals surface area (Å²) in [6, 6.07) is 3.91. The molecule has 4 nitrogen and oxygen atoms in total. The number of aryl methyl sites for hydroxylation is 1. The molecule has 1 N–H and O–H groups in total. The van der Waals surface area contributed by atoms with Gasteiger partial charge in [-0.3, -0.25) is 0 Å². The van der Waals surface area contributed by atoms with Gasteiger partial charge in [-0.2, -0.15) is 0 Å². The topological polar surface area (TPSA) is 45.6 Å². The Morgan fingerprint density at radius 1 is 1.53 bits per heavy atom. The molecule has 0 fully saturated rings. The maximum Gasteiger partial charge on any atom is 0.410 e. The number of ether oxygens (including phenoxy) is 1. The molecule has 1 aromatic rings. The fourth-order valence-corrected chi connectivity index (χ4v) is 1.32. The molecule has 0 radical (unpaired) electrons. The Hall–Kier alpha value is -1.07. The van der Waals surface area contributed by atoms with Crippen LogP contribution in [0, 0.1) is 6.92 Å². The van der Waals surface area contributed by atoms with Crippen LogP contribution in [-0.4, -0.2) is 31.2 Å². The van der Waals surface area contributed by atoms with Gasteiger partial charge in [0.25, 0.3) is 0 Å². The Labute approximate surface area is 91.0 Å². The molecule has 1 aromatic heterocycles. The van der Waals surface area contributed by atoms with E-state index in [1.165, 1.54) is 0 Å². The number of pyridine rings is 1. The molecule has 0 atom stereocenters. The van der Waals surface area contributed by atoms with E-state index in [0.717, 1.165) is 17.1 Å². The maximum absolute atomic E-state index is 9.50. The minimum Gasteiger partial charge on any atom is -0.432 e. The molecule has 5 heteroatoms. The molecule has 0 saturated heterocycles. The van der Waals surface area contributed by atoms with E-state index in [1.54, 1.807) is 18.7 Å². The summed E-state index contributed by atoms with van der Waals surface area (Å²) in [5.74, 6) is 0.770. The molecule has 0 amide bonds. The molecule has 0 aliphatic carbocycles. The second-order valence-electron chi connectivity index (χ2n) is 3.61. The van der Waals surface area contributed by atoms with Gasteiger partial charge in [0.1, 0.15) is 5.82 Å². The van der Waals surface area contributed by atoms with E-state index in [-0.39, 0.29) is 0 Å². The lowest BCUT2D eigenvalue weighted by molar-refractivity contribution is 0.185. The third kappa shape index (κ3) is 2.94. The van der Waals surface area contributed by atoms with Gasteiger partial charge < -0.3 is 14.6 Å². The standard InChI is InChI=1S/C10H17BN2O2/c1-8-5-6-9(7-15-4)10(12-8)13(3)11(2)14/h5-6,14H,7H2,1-4H3. The van der Waals surface area contributed by atoms with Gasteiger partial charge in [-0.1, -0.05) is 6.07 Å². The summed E-state index contributed by atoms with van der Waals surface area (Å²) in [6.45, 7) is 4.14. The van der Waals surface area contributed by atoms with E-state index < -0.39 is 7.05 Å². The summed E-state index contributed by atoms with van der Waals surface area (Å²) < 4.78 is 5.09. The van der Waals surface area contributed by atoms with Crippen LogP contribution in [0.1, 0.15) is 11.3 Å². The first-order valence-electron chi connectivity index (χ1n) is 4.92. The van der Waals surface area contributed by atoms with E-state index in [1.807, 2.05) is 26.1 Å². The number of aromatic nitrogens is 1. The molecular weight excluding hydrogens is 191 g/mol. The Morgan fingerprint density at radius 2 is 2.20 bits per heavy atom. The smallest absolute Gasteiger partial charge is 0.410 e. The third-order valence-corrected chi connectivity index (χ3v) is 2.29. The fourth-order valence-electron chi connectivity index (χ4n) is 1.32. The first kappa shape index (κ1) is 12.0. The van der Waals surface area contributed by atoms with Crippen LogP contribution in [0.3, 0.4) is 0 Å². The summed E-state index contributed by atoms with van der Waals surface area (Å²) in [7, 11) is 2.90. The van der Waals surface area contributed by atoms with Crippen LogP contribution in [0.4, 0.5) is 5.82 Å². The first-order valence-corrected chi connectivity index (χ1v) is 4.92. The lowest BCUT2D eigenvalue weighted by Crippen LogP contribution is -2.34. The first-order chi connectivity index (χ1) is 7.06. The molecule has 0 aromatic carbocycles. The molecule has 0 saturated carbocycles.